The Bertz CT molecular complexity index is 917. The number of ether oxygens (including phenoxy) is 1. The average Bonchev–Trinajstić information content (AvgIpc) is 2.72. The smallest absolute Gasteiger partial charge is 0.136 e. The van der Waals surface area contributed by atoms with Crippen molar-refractivity contribution in [1.29, 1.82) is 0 Å². The van der Waals surface area contributed by atoms with Crippen LogP contribution >= 0.6 is 35.0 Å². The highest BCUT2D eigenvalue weighted by Gasteiger charge is 2.44. The molecule has 0 saturated carbocycles. The molecule has 5 atom stereocenters. The van der Waals surface area contributed by atoms with Gasteiger partial charge in [0.15, 0.2) is 0 Å². The summed E-state index contributed by atoms with van der Waals surface area (Å²) in [5, 5.41) is 34.8. The van der Waals surface area contributed by atoms with Crippen molar-refractivity contribution in [1.82, 2.24) is 10.3 Å². The lowest BCUT2D eigenvalue weighted by atomic mass is 9.97. The highest BCUT2D eigenvalue weighted by Crippen LogP contribution is 2.36. The van der Waals surface area contributed by atoms with Crippen molar-refractivity contribution in [3.63, 3.8) is 0 Å². The zero-order valence-corrected chi connectivity index (χ0v) is 18.4. The van der Waals surface area contributed by atoms with Crippen molar-refractivity contribution >= 4 is 40.7 Å². The molecule has 0 aliphatic carbocycles. The Balaban J connectivity index is 1.78. The average molecular weight is 472 g/mol. The number of pyridine rings is 1. The molecule has 2 aromatic rings. The number of halogens is 2. The van der Waals surface area contributed by atoms with Gasteiger partial charge < -0.3 is 31.1 Å². The van der Waals surface area contributed by atoms with Crippen LogP contribution in [0.1, 0.15) is 11.1 Å². The van der Waals surface area contributed by atoms with Crippen LogP contribution in [0.25, 0.3) is 5.70 Å². The third-order valence-electron chi connectivity index (χ3n) is 4.67. The Labute approximate surface area is 188 Å². The molecule has 10 heteroatoms. The van der Waals surface area contributed by atoms with Crippen LogP contribution in [0.5, 0.6) is 0 Å². The number of aryl methyl sites for hydroxylation is 1. The third-order valence-corrected chi connectivity index (χ3v) is 6.55. The quantitative estimate of drug-likeness (QED) is 0.434. The molecule has 30 heavy (non-hydrogen) atoms. The fourth-order valence-corrected chi connectivity index (χ4v) is 4.52. The number of aromatic nitrogens is 1. The van der Waals surface area contributed by atoms with Crippen molar-refractivity contribution in [2.24, 2.45) is 5.73 Å². The van der Waals surface area contributed by atoms with E-state index < -0.39 is 36.4 Å². The van der Waals surface area contributed by atoms with Gasteiger partial charge in [0.2, 0.25) is 0 Å². The summed E-state index contributed by atoms with van der Waals surface area (Å²) in [7, 11) is 0. The number of thioether (sulfide) groups is 1. The highest BCUT2D eigenvalue weighted by atomic mass is 35.5. The van der Waals surface area contributed by atoms with Gasteiger partial charge in [0.25, 0.3) is 0 Å². The predicted molar refractivity (Wildman–Crippen MR) is 118 cm³/mol. The summed E-state index contributed by atoms with van der Waals surface area (Å²) < 4.78 is 5.71. The molecule has 5 unspecified atom stereocenters. The number of hydrogen-bond donors (Lipinski definition) is 5. The Kier molecular flexibility index (Phi) is 7.86. The van der Waals surface area contributed by atoms with Gasteiger partial charge in [-0.15, -0.1) is 0 Å². The van der Waals surface area contributed by atoms with Crippen molar-refractivity contribution in [3.8, 4) is 0 Å². The lowest BCUT2D eigenvalue weighted by Crippen LogP contribution is -2.62. The topological polar surface area (TPSA) is 121 Å². The normalized spacial score (nSPS) is 27.1. The van der Waals surface area contributed by atoms with Gasteiger partial charge in [-0.2, -0.15) is 0 Å². The fraction of sp³-hybridized carbons (Fsp3) is 0.350. The van der Waals surface area contributed by atoms with Crippen molar-refractivity contribution in [2.45, 2.75) is 41.6 Å². The third kappa shape index (κ3) is 5.39. The van der Waals surface area contributed by atoms with Gasteiger partial charge in [0.1, 0.15) is 23.7 Å². The van der Waals surface area contributed by atoms with E-state index >= 15 is 0 Å². The SMILES string of the molecule is Cc1cncc(/C(N)=C/NC2C(O)C(CO)OC(Sc3ccc(Cl)c(Cl)c3)C2O)c1. The maximum atomic E-state index is 10.8. The molecule has 1 aliphatic rings. The summed E-state index contributed by atoms with van der Waals surface area (Å²) in [4.78, 5) is 4.83. The molecule has 2 heterocycles. The summed E-state index contributed by atoms with van der Waals surface area (Å²) in [5.41, 5.74) is 7.40. The van der Waals surface area contributed by atoms with Crippen molar-refractivity contribution < 1.29 is 20.1 Å². The maximum absolute atomic E-state index is 10.8. The summed E-state index contributed by atoms with van der Waals surface area (Å²) in [6.07, 6.45) is 1.69. The van der Waals surface area contributed by atoms with Crippen LogP contribution in [0.3, 0.4) is 0 Å². The minimum absolute atomic E-state index is 0.378. The van der Waals surface area contributed by atoms with Gasteiger partial charge in [0, 0.05) is 29.1 Å². The molecule has 162 valence electrons. The monoisotopic (exact) mass is 471 g/mol. The molecular formula is C20H23Cl2N3O4S. The second kappa shape index (κ2) is 10.2. The number of aliphatic hydroxyl groups is 3. The molecule has 0 spiro atoms. The van der Waals surface area contributed by atoms with Crippen LogP contribution in [0.2, 0.25) is 10.0 Å². The molecular weight excluding hydrogens is 449 g/mol. The summed E-state index contributed by atoms with van der Waals surface area (Å²) in [6, 6.07) is 6.10. The van der Waals surface area contributed by atoms with Crippen LogP contribution in [0.4, 0.5) is 0 Å². The van der Waals surface area contributed by atoms with Gasteiger partial charge in [-0.05, 0) is 36.8 Å². The largest absolute Gasteiger partial charge is 0.397 e. The van der Waals surface area contributed by atoms with Gasteiger partial charge in [-0.25, -0.2) is 0 Å². The molecule has 0 amide bonds. The maximum Gasteiger partial charge on any atom is 0.136 e. The first-order valence-electron chi connectivity index (χ1n) is 9.18. The van der Waals surface area contributed by atoms with Crippen molar-refractivity contribution in [2.75, 3.05) is 6.61 Å². The van der Waals surface area contributed by atoms with E-state index in [1.165, 1.54) is 18.0 Å². The van der Waals surface area contributed by atoms with Gasteiger partial charge in [-0.1, -0.05) is 35.0 Å². The number of nitrogens with two attached hydrogens (primary N) is 1. The minimum Gasteiger partial charge on any atom is -0.397 e. The summed E-state index contributed by atoms with van der Waals surface area (Å²) in [6.45, 7) is 1.49. The molecule has 1 saturated heterocycles. The lowest BCUT2D eigenvalue weighted by molar-refractivity contribution is -0.164. The first kappa shape index (κ1) is 23.1. The second-order valence-corrected chi connectivity index (χ2v) is 8.93. The molecule has 0 radical (unpaired) electrons. The lowest BCUT2D eigenvalue weighted by Gasteiger charge is -2.42. The summed E-state index contributed by atoms with van der Waals surface area (Å²) in [5.74, 6) is 0. The first-order valence-corrected chi connectivity index (χ1v) is 10.8. The zero-order chi connectivity index (χ0) is 21.8. The van der Waals surface area contributed by atoms with Crippen LogP contribution in [0, 0.1) is 6.92 Å². The number of benzene rings is 1. The Morgan fingerprint density at radius 2 is 2.00 bits per heavy atom. The fourth-order valence-electron chi connectivity index (χ4n) is 3.05. The van der Waals surface area contributed by atoms with E-state index in [4.69, 9.17) is 33.7 Å². The second-order valence-electron chi connectivity index (χ2n) is 6.94. The summed E-state index contributed by atoms with van der Waals surface area (Å²) >= 11 is 13.2. The van der Waals surface area contributed by atoms with E-state index in [1.807, 2.05) is 13.0 Å². The molecule has 3 rings (SSSR count). The van der Waals surface area contributed by atoms with E-state index in [9.17, 15) is 15.3 Å². The molecule has 6 N–H and O–H groups in total. The number of nitrogens with zero attached hydrogens (tertiary/aromatic N) is 1. The van der Waals surface area contributed by atoms with Gasteiger partial charge >= 0.3 is 0 Å². The molecule has 1 aromatic heterocycles. The number of aliphatic hydroxyl groups excluding tert-OH is 3. The minimum atomic E-state index is -1.16. The molecule has 1 aliphatic heterocycles. The number of hydrogen-bond acceptors (Lipinski definition) is 8. The van der Waals surface area contributed by atoms with E-state index in [0.717, 1.165) is 10.5 Å². The van der Waals surface area contributed by atoms with Crippen LogP contribution in [-0.4, -0.2) is 56.7 Å². The Morgan fingerprint density at radius 3 is 2.67 bits per heavy atom. The Morgan fingerprint density at radius 1 is 1.23 bits per heavy atom. The highest BCUT2D eigenvalue weighted by molar-refractivity contribution is 7.99. The van der Waals surface area contributed by atoms with Gasteiger partial charge in [0.05, 0.1) is 28.4 Å². The van der Waals surface area contributed by atoms with Gasteiger partial charge in [-0.3, -0.25) is 4.98 Å². The van der Waals surface area contributed by atoms with E-state index in [0.29, 0.717) is 21.3 Å². The predicted octanol–water partition coefficient (Wildman–Crippen LogP) is 2.14. The first-order chi connectivity index (χ1) is 14.3. The molecule has 1 fully saturated rings. The van der Waals surface area contributed by atoms with E-state index in [2.05, 4.69) is 10.3 Å². The van der Waals surface area contributed by atoms with E-state index in [1.54, 1.807) is 30.6 Å². The Hall–Kier alpha value is -1.52. The van der Waals surface area contributed by atoms with Crippen molar-refractivity contribution in [3.05, 3.63) is 64.0 Å². The standard InChI is InChI=1S/C20H23Cl2N3O4S/c1-10-4-11(7-24-6-10)15(23)8-25-17-18(27)16(9-26)29-20(19(17)28)30-12-2-3-13(21)14(22)5-12/h2-8,16-20,25-28H,9,23H2,1H3/b15-8-. The van der Waals surface area contributed by atoms with Crippen LogP contribution in [0.15, 0.2) is 47.8 Å². The van der Waals surface area contributed by atoms with Crippen LogP contribution in [-0.2, 0) is 4.74 Å². The molecule has 1 aromatic carbocycles. The van der Waals surface area contributed by atoms with E-state index in [-0.39, 0.29) is 0 Å². The zero-order valence-electron chi connectivity index (χ0n) is 16.1. The number of nitrogens with one attached hydrogen (secondary N) is 1. The molecule has 0 bridgehead atoms. The van der Waals surface area contributed by atoms with Crippen LogP contribution < -0.4 is 11.1 Å². The number of rotatable bonds is 6. The molecule has 7 nitrogen and oxygen atoms in total.